The maximum absolute atomic E-state index is 11.8. The number of methoxy groups -OCH3 is 1. The molecular weight excluding hydrogens is 260 g/mol. The molecule has 6 heteroatoms. The first-order chi connectivity index (χ1) is 9.56. The molecule has 2 amide bonds. The summed E-state index contributed by atoms with van der Waals surface area (Å²) in [4.78, 5) is 11.8. The van der Waals surface area contributed by atoms with Gasteiger partial charge in [0.2, 0.25) is 0 Å². The van der Waals surface area contributed by atoms with Gasteiger partial charge in [0, 0.05) is 35.6 Å². The molecule has 0 fully saturated rings. The van der Waals surface area contributed by atoms with Gasteiger partial charge in [0.25, 0.3) is 0 Å². The number of phenols is 2. The first-order valence-corrected chi connectivity index (χ1v) is 5.82. The number of amides is 2. The molecule has 2 aromatic rings. The van der Waals surface area contributed by atoms with E-state index in [1.54, 1.807) is 24.3 Å². The van der Waals surface area contributed by atoms with E-state index in [1.165, 1.54) is 25.3 Å². The number of benzene rings is 2. The van der Waals surface area contributed by atoms with Gasteiger partial charge < -0.3 is 25.6 Å². The molecule has 0 aliphatic rings. The first-order valence-electron chi connectivity index (χ1n) is 5.82. The van der Waals surface area contributed by atoms with Crippen molar-refractivity contribution in [1.82, 2.24) is 0 Å². The Bertz CT molecular complexity index is 608. The number of carbonyl (C=O) groups excluding carboxylic acids is 1. The van der Waals surface area contributed by atoms with Crippen LogP contribution in [-0.2, 0) is 0 Å². The highest BCUT2D eigenvalue weighted by atomic mass is 16.5. The number of urea groups is 1. The van der Waals surface area contributed by atoms with E-state index in [4.69, 9.17) is 4.74 Å². The van der Waals surface area contributed by atoms with E-state index >= 15 is 0 Å². The summed E-state index contributed by atoms with van der Waals surface area (Å²) in [6, 6.07) is 10.2. The van der Waals surface area contributed by atoms with Gasteiger partial charge in [-0.1, -0.05) is 6.07 Å². The van der Waals surface area contributed by atoms with Crippen LogP contribution in [0.25, 0.3) is 0 Å². The van der Waals surface area contributed by atoms with Crippen molar-refractivity contribution >= 4 is 17.4 Å². The van der Waals surface area contributed by atoms with Crippen LogP contribution in [0, 0.1) is 0 Å². The largest absolute Gasteiger partial charge is 0.508 e. The second-order valence-corrected chi connectivity index (χ2v) is 4.05. The van der Waals surface area contributed by atoms with Crippen molar-refractivity contribution in [2.75, 3.05) is 17.7 Å². The maximum atomic E-state index is 11.8. The molecule has 2 aromatic carbocycles. The van der Waals surface area contributed by atoms with Gasteiger partial charge in [-0.3, -0.25) is 0 Å². The average Bonchev–Trinajstić information content (AvgIpc) is 2.37. The van der Waals surface area contributed by atoms with Gasteiger partial charge in [-0.15, -0.1) is 0 Å². The number of nitrogens with one attached hydrogen (secondary N) is 2. The summed E-state index contributed by atoms with van der Waals surface area (Å²) < 4.78 is 5.05. The first kappa shape index (κ1) is 13.5. The van der Waals surface area contributed by atoms with E-state index in [9.17, 15) is 15.0 Å². The second-order valence-electron chi connectivity index (χ2n) is 4.05. The van der Waals surface area contributed by atoms with Gasteiger partial charge in [-0.25, -0.2) is 4.79 Å². The zero-order valence-electron chi connectivity index (χ0n) is 10.8. The SMILES string of the molecule is COc1cccc(NC(=O)Nc2cc(O)cc(O)c2)c1. The zero-order chi connectivity index (χ0) is 14.5. The number of carbonyl (C=O) groups is 1. The maximum Gasteiger partial charge on any atom is 0.323 e. The Morgan fingerprint density at radius 1 is 1.00 bits per heavy atom. The number of anilines is 2. The van der Waals surface area contributed by atoms with Gasteiger partial charge in [-0.2, -0.15) is 0 Å². The molecule has 6 nitrogen and oxygen atoms in total. The summed E-state index contributed by atoms with van der Waals surface area (Å²) in [7, 11) is 1.54. The number of hydrogen-bond donors (Lipinski definition) is 4. The highest BCUT2D eigenvalue weighted by molar-refractivity contribution is 6.00. The predicted octanol–water partition coefficient (Wildman–Crippen LogP) is 2.75. The number of ether oxygens (including phenoxy) is 1. The third-order valence-corrected chi connectivity index (χ3v) is 2.49. The monoisotopic (exact) mass is 274 g/mol. The van der Waals surface area contributed by atoms with Gasteiger partial charge in [-0.05, 0) is 12.1 Å². The predicted molar refractivity (Wildman–Crippen MR) is 75.4 cm³/mol. The summed E-state index contributed by atoms with van der Waals surface area (Å²) in [6.07, 6.45) is 0. The van der Waals surface area contributed by atoms with E-state index in [-0.39, 0.29) is 17.2 Å². The van der Waals surface area contributed by atoms with Crippen molar-refractivity contribution in [3.8, 4) is 17.2 Å². The van der Waals surface area contributed by atoms with Crippen molar-refractivity contribution in [3.05, 3.63) is 42.5 Å². The van der Waals surface area contributed by atoms with Crippen LogP contribution in [0.4, 0.5) is 16.2 Å². The lowest BCUT2D eigenvalue weighted by atomic mass is 10.3. The molecule has 4 N–H and O–H groups in total. The summed E-state index contributed by atoms with van der Waals surface area (Å²) in [5.41, 5.74) is 0.842. The van der Waals surface area contributed by atoms with Crippen LogP contribution in [0.2, 0.25) is 0 Å². The number of aromatic hydroxyl groups is 2. The standard InChI is InChI=1S/C14H14N2O4/c1-20-13-4-2-3-9(7-13)15-14(19)16-10-5-11(17)8-12(18)6-10/h2-8,17-18H,1H3,(H2,15,16,19). The normalized spacial score (nSPS) is 9.85. The minimum atomic E-state index is -0.497. The van der Waals surface area contributed by atoms with Crippen molar-refractivity contribution in [2.45, 2.75) is 0 Å². The molecule has 0 spiro atoms. The lowest BCUT2D eigenvalue weighted by Crippen LogP contribution is -2.19. The lowest BCUT2D eigenvalue weighted by Gasteiger charge is -2.09. The lowest BCUT2D eigenvalue weighted by molar-refractivity contribution is 0.262. The zero-order valence-corrected chi connectivity index (χ0v) is 10.8. The molecule has 0 heterocycles. The molecule has 0 aliphatic heterocycles. The van der Waals surface area contributed by atoms with Crippen molar-refractivity contribution < 1.29 is 19.7 Å². The fraction of sp³-hybridized carbons (Fsp3) is 0.0714. The molecule has 0 aliphatic carbocycles. The average molecular weight is 274 g/mol. The van der Waals surface area contributed by atoms with Gasteiger partial charge in [0.1, 0.15) is 17.2 Å². The molecule has 0 radical (unpaired) electrons. The van der Waals surface area contributed by atoms with Crippen LogP contribution in [-0.4, -0.2) is 23.4 Å². The van der Waals surface area contributed by atoms with Crippen LogP contribution >= 0.6 is 0 Å². The fourth-order valence-electron chi connectivity index (χ4n) is 1.66. The van der Waals surface area contributed by atoms with E-state index in [2.05, 4.69) is 10.6 Å². The number of phenolic OH excluding ortho intramolecular Hbond substituents is 2. The van der Waals surface area contributed by atoms with Crippen LogP contribution in [0.5, 0.6) is 17.2 Å². The number of hydrogen-bond acceptors (Lipinski definition) is 4. The van der Waals surface area contributed by atoms with Gasteiger partial charge in [0.05, 0.1) is 7.11 Å². The number of rotatable bonds is 3. The Hall–Kier alpha value is -2.89. The van der Waals surface area contributed by atoms with Crippen LogP contribution < -0.4 is 15.4 Å². The molecule has 104 valence electrons. The van der Waals surface area contributed by atoms with E-state index in [1.807, 2.05) is 0 Å². The van der Waals surface area contributed by atoms with Crippen LogP contribution in [0.1, 0.15) is 0 Å². The second kappa shape index (κ2) is 5.83. The molecular formula is C14H14N2O4. The summed E-state index contributed by atoms with van der Waals surface area (Å²) in [5.74, 6) is 0.348. The van der Waals surface area contributed by atoms with Crippen molar-refractivity contribution in [3.63, 3.8) is 0 Å². The molecule has 0 aromatic heterocycles. The Balaban J connectivity index is 2.04. The topological polar surface area (TPSA) is 90.8 Å². The van der Waals surface area contributed by atoms with Gasteiger partial charge in [0.15, 0.2) is 0 Å². The Morgan fingerprint density at radius 3 is 2.30 bits per heavy atom. The quantitative estimate of drug-likeness (QED) is 0.692. The van der Waals surface area contributed by atoms with E-state index < -0.39 is 6.03 Å². The molecule has 0 unspecified atom stereocenters. The highest BCUT2D eigenvalue weighted by Crippen LogP contribution is 2.24. The molecule has 2 rings (SSSR count). The third kappa shape index (κ3) is 3.55. The molecule has 0 saturated heterocycles. The summed E-state index contributed by atoms with van der Waals surface area (Å²) >= 11 is 0. The summed E-state index contributed by atoms with van der Waals surface area (Å²) in [5, 5.41) is 23.7. The van der Waals surface area contributed by atoms with Crippen LogP contribution in [0.3, 0.4) is 0 Å². The molecule has 20 heavy (non-hydrogen) atoms. The van der Waals surface area contributed by atoms with Crippen molar-refractivity contribution in [1.29, 1.82) is 0 Å². The third-order valence-electron chi connectivity index (χ3n) is 2.49. The van der Waals surface area contributed by atoms with Gasteiger partial charge >= 0.3 is 6.03 Å². The Morgan fingerprint density at radius 2 is 1.65 bits per heavy atom. The Labute approximate surface area is 115 Å². The summed E-state index contributed by atoms with van der Waals surface area (Å²) in [6.45, 7) is 0. The smallest absolute Gasteiger partial charge is 0.323 e. The minimum absolute atomic E-state index is 0.137. The van der Waals surface area contributed by atoms with Crippen molar-refractivity contribution in [2.24, 2.45) is 0 Å². The Kier molecular flexibility index (Phi) is 3.95. The minimum Gasteiger partial charge on any atom is -0.508 e. The fourth-order valence-corrected chi connectivity index (χ4v) is 1.66. The van der Waals surface area contributed by atoms with E-state index in [0.717, 1.165) is 0 Å². The molecule has 0 bridgehead atoms. The molecule has 0 saturated carbocycles. The molecule has 0 atom stereocenters. The van der Waals surface area contributed by atoms with Crippen LogP contribution in [0.15, 0.2) is 42.5 Å². The highest BCUT2D eigenvalue weighted by Gasteiger charge is 2.05. The van der Waals surface area contributed by atoms with E-state index in [0.29, 0.717) is 11.4 Å².